The smallest absolute Gasteiger partial charge is 0.377 e. The Labute approximate surface area is 140 Å². The molecule has 0 aromatic heterocycles. The molecule has 0 fully saturated rings. The SMILES string of the molecule is CCC[Si](OC)(OC)OC.c1ccc(Nc2ccccc2)cc1. The van der Waals surface area contributed by atoms with Crippen molar-refractivity contribution in [1.29, 1.82) is 0 Å². The average Bonchev–Trinajstić information content (AvgIpc) is 2.62. The van der Waals surface area contributed by atoms with Gasteiger partial charge < -0.3 is 18.6 Å². The lowest BCUT2D eigenvalue weighted by atomic mass is 10.3. The van der Waals surface area contributed by atoms with Crippen molar-refractivity contribution in [2.75, 3.05) is 26.6 Å². The van der Waals surface area contributed by atoms with Crippen LogP contribution in [0.15, 0.2) is 60.7 Å². The first kappa shape index (κ1) is 19.4. The molecule has 5 heteroatoms. The van der Waals surface area contributed by atoms with Gasteiger partial charge in [-0.1, -0.05) is 49.7 Å². The lowest BCUT2D eigenvalue weighted by Gasteiger charge is -2.23. The first-order chi connectivity index (χ1) is 11.2. The van der Waals surface area contributed by atoms with Crippen molar-refractivity contribution in [3.8, 4) is 0 Å². The van der Waals surface area contributed by atoms with Gasteiger partial charge in [0.05, 0.1) is 0 Å². The largest absolute Gasteiger partial charge is 0.500 e. The summed E-state index contributed by atoms with van der Waals surface area (Å²) in [6.45, 7) is 2.08. The molecule has 0 aliphatic rings. The van der Waals surface area contributed by atoms with Gasteiger partial charge in [-0.05, 0) is 24.3 Å². The highest BCUT2D eigenvalue weighted by atomic mass is 28.4. The molecule has 0 spiro atoms. The summed E-state index contributed by atoms with van der Waals surface area (Å²) in [6, 6.07) is 21.2. The Morgan fingerprint density at radius 1 is 0.739 bits per heavy atom. The summed E-state index contributed by atoms with van der Waals surface area (Å²) in [6.07, 6.45) is 1.03. The highest BCUT2D eigenvalue weighted by Gasteiger charge is 2.36. The molecule has 0 atom stereocenters. The maximum absolute atomic E-state index is 5.17. The number of benzene rings is 2. The molecule has 0 heterocycles. The topological polar surface area (TPSA) is 39.7 Å². The molecular weight excluding hydrogens is 306 g/mol. The van der Waals surface area contributed by atoms with Crippen LogP contribution in [0, 0.1) is 0 Å². The standard InChI is InChI=1S/C12H11N.C6H16O3Si/c1-3-7-11(8-4-1)13-12-9-5-2-6-10-12;1-5-6-10(7-2,8-3)9-4/h1-10,13H;5-6H2,1-4H3. The minimum atomic E-state index is -2.22. The number of nitrogens with one attached hydrogen (secondary N) is 1. The third kappa shape index (κ3) is 6.96. The quantitative estimate of drug-likeness (QED) is 0.745. The molecule has 1 N–H and O–H groups in total. The molecule has 2 aromatic carbocycles. The molecule has 126 valence electrons. The van der Waals surface area contributed by atoms with Crippen molar-refractivity contribution in [1.82, 2.24) is 0 Å². The zero-order valence-corrected chi connectivity index (χ0v) is 15.4. The summed E-state index contributed by atoms with van der Waals surface area (Å²) < 4.78 is 15.5. The summed E-state index contributed by atoms with van der Waals surface area (Å²) in [7, 11) is 2.68. The molecule has 0 bridgehead atoms. The second kappa shape index (κ2) is 11.0. The van der Waals surface area contributed by atoms with Crippen molar-refractivity contribution < 1.29 is 13.3 Å². The Bertz CT molecular complexity index is 473. The predicted octanol–water partition coefficient (Wildman–Crippen LogP) is 4.70. The van der Waals surface area contributed by atoms with Crippen molar-refractivity contribution in [2.45, 2.75) is 19.4 Å². The van der Waals surface area contributed by atoms with E-state index in [9.17, 15) is 0 Å². The summed E-state index contributed by atoms with van der Waals surface area (Å²) in [5.74, 6) is 0. The maximum Gasteiger partial charge on any atom is 0.500 e. The van der Waals surface area contributed by atoms with Gasteiger partial charge in [-0.15, -0.1) is 0 Å². The van der Waals surface area contributed by atoms with Crippen molar-refractivity contribution in [3.05, 3.63) is 60.7 Å². The van der Waals surface area contributed by atoms with Crippen LogP contribution in [0.2, 0.25) is 6.04 Å². The summed E-state index contributed by atoms with van der Waals surface area (Å²) >= 11 is 0. The molecule has 0 aliphatic carbocycles. The molecule has 0 unspecified atom stereocenters. The summed E-state index contributed by atoms with van der Waals surface area (Å²) in [5.41, 5.74) is 2.24. The van der Waals surface area contributed by atoms with Crippen LogP contribution in [0.1, 0.15) is 13.3 Å². The summed E-state index contributed by atoms with van der Waals surface area (Å²) in [5, 5.41) is 3.30. The summed E-state index contributed by atoms with van der Waals surface area (Å²) in [4.78, 5) is 0. The number of hydrogen-bond donors (Lipinski definition) is 1. The van der Waals surface area contributed by atoms with Gasteiger partial charge in [0, 0.05) is 38.7 Å². The van der Waals surface area contributed by atoms with E-state index in [1.54, 1.807) is 21.3 Å². The molecule has 0 saturated carbocycles. The highest BCUT2D eigenvalue weighted by Crippen LogP contribution is 2.15. The zero-order chi connectivity index (χ0) is 17.0. The first-order valence-corrected chi connectivity index (χ1v) is 9.65. The molecule has 0 radical (unpaired) electrons. The molecule has 0 amide bonds. The van der Waals surface area contributed by atoms with Crippen LogP contribution in [-0.4, -0.2) is 30.1 Å². The number of para-hydroxylation sites is 2. The van der Waals surface area contributed by atoms with E-state index in [0.29, 0.717) is 0 Å². The molecular formula is C18H27NO3Si. The van der Waals surface area contributed by atoms with Gasteiger partial charge in [-0.3, -0.25) is 0 Å². The van der Waals surface area contributed by atoms with E-state index in [1.807, 2.05) is 60.7 Å². The van der Waals surface area contributed by atoms with E-state index in [1.165, 1.54) is 0 Å². The third-order valence-electron chi connectivity index (χ3n) is 3.33. The Morgan fingerprint density at radius 3 is 1.39 bits per heavy atom. The van der Waals surface area contributed by atoms with Crippen molar-refractivity contribution in [2.24, 2.45) is 0 Å². The van der Waals surface area contributed by atoms with E-state index >= 15 is 0 Å². The Kier molecular flexibility index (Phi) is 9.24. The minimum absolute atomic E-state index is 0.885. The average molecular weight is 334 g/mol. The van der Waals surface area contributed by atoms with Crippen LogP contribution in [-0.2, 0) is 13.3 Å². The van der Waals surface area contributed by atoms with Crippen LogP contribution in [0.5, 0.6) is 0 Å². The molecule has 2 aromatic rings. The van der Waals surface area contributed by atoms with Gasteiger partial charge in [0.15, 0.2) is 0 Å². The molecule has 4 nitrogen and oxygen atoms in total. The monoisotopic (exact) mass is 333 g/mol. The molecule has 0 saturated heterocycles. The van der Waals surface area contributed by atoms with Gasteiger partial charge in [-0.25, -0.2) is 0 Å². The fraction of sp³-hybridized carbons (Fsp3) is 0.333. The van der Waals surface area contributed by atoms with Gasteiger partial charge in [0.1, 0.15) is 0 Å². The zero-order valence-electron chi connectivity index (χ0n) is 14.4. The Balaban J connectivity index is 0.000000241. The van der Waals surface area contributed by atoms with Gasteiger partial charge in [-0.2, -0.15) is 0 Å². The second-order valence-electron chi connectivity index (χ2n) is 4.90. The minimum Gasteiger partial charge on any atom is -0.377 e. The van der Waals surface area contributed by atoms with E-state index in [0.717, 1.165) is 23.8 Å². The van der Waals surface area contributed by atoms with Crippen molar-refractivity contribution in [3.63, 3.8) is 0 Å². The highest BCUT2D eigenvalue weighted by molar-refractivity contribution is 6.60. The lowest BCUT2D eigenvalue weighted by molar-refractivity contribution is 0.123. The number of anilines is 2. The van der Waals surface area contributed by atoms with E-state index < -0.39 is 8.80 Å². The van der Waals surface area contributed by atoms with Crippen molar-refractivity contribution >= 4 is 20.2 Å². The fourth-order valence-corrected chi connectivity index (χ4v) is 3.80. The van der Waals surface area contributed by atoms with Crippen LogP contribution < -0.4 is 5.32 Å². The molecule has 2 rings (SSSR count). The first-order valence-electron chi connectivity index (χ1n) is 7.72. The lowest BCUT2D eigenvalue weighted by Crippen LogP contribution is -2.42. The number of hydrogen-bond acceptors (Lipinski definition) is 4. The van der Waals surface area contributed by atoms with Gasteiger partial charge >= 0.3 is 8.80 Å². The van der Waals surface area contributed by atoms with Crippen LogP contribution in [0.3, 0.4) is 0 Å². The molecule has 0 aliphatic heterocycles. The van der Waals surface area contributed by atoms with Gasteiger partial charge in [0.25, 0.3) is 0 Å². The number of rotatable bonds is 7. The Morgan fingerprint density at radius 2 is 1.13 bits per heavy atom. The van der Waals surface area contributed by atoms with E-state index in [4.69, 9.17) is 13.3 Å². The van der Waals surface area contributed by atoms with Crippen LogP contribution >= 0.6 is 0 Å². The molecule has 23 heavy (non-hydrogen) atoms. The van der Waals surface area contributed by atoms with E-state index in [2.05, 4.69) is 12.2 Å². The maximum atomic E-state index is 5.17. The Hall–Kier alpha value is -1.66. The van der Waals surface area contributed by atoms with E-state index in [-0.39, 0.29) is 0 Å². The van der Waals surface area contributed by atoms with Crippen LogP contribution in [0.25, 0.3) is 0 Å². The van der Waals surface area contributed by atoms with Gasteiger partial charge in [0.2, 0.25) is 0 Å². The normalized spacial score (nSPS) is 10.6. The van der Waals surface area contributed by atoms with Crippen LogP contribution in [0.4, 0.5) is 11.4 Å². The fourth-order valence-electron chi connectivity index (χ4n) is 2.07. The third-order valence-corrected chi connectivity index (χ3v) is 6.30. The second-order valence-corrected chi connectivity index (χ2v) is 7.99. The predicted molar refractivity (Wildman–Crippen MR) is 98.0 cm³/mol.